The predicted molar refractivity (Wildman–Crippen MR) is 251 cm³/mol. The van der Waals surface area contributed by atoms with E-state index in [2.05, 4.69) is 133 Å². The Morgan fingerprint density at radius 1 is 0.270 bits per heavy atom. The summed E-state index contributed by atoms with van der Waals surface area (Å²) in [5.74, 6) is 4.76. The summed E-state index contributed by atoms with van der Waals surface area (Å²) in [7, 11) is 0. The van der Waals surface area contributed by atoms with E-state index in [1.807, 2.05) is 91.0 Å². The van der Waals surface area contributed by atoms with E-state index >= 15 is 0 Å². The molecule has 0 saturated carbocycles. The van der Waals surface area contributed by atoms with E-state index < -0.39 is 5.41 Å². The summed E-state index contributed by atoms with van der Waals surface area (Å²) in [5, 5.41) is 0. The van der Waals surface area contributed by atoms with Crippen molar-refractivity contribution in [3.63, 3.8) is 0 Å². The highest BCUT2D eigenvalue weighted by Gasteiger charge is 2.46. The fourth-order valence-electron chi connectivity index (χ4n) is 9.33. The summed E-state index contributed by atoms with van der Waals surface area (Å²) in [5.41, 5.74) is 14.0. The number of fused-ring (bicyclic) bond motifs is 5. The first kappa shape index (κ1) is 36.4. The molecule has 0 atom stereocenters. The Hall–Kier alpha value is -8.41. The minimum Gasteiger partial charge on any atom is -0.450 e. The zero-order valence-corrected chi connectivity index (χ0v) is 34.0. The van der Waals surface area contributed by atoms with E-state index in [9.17, 15) is 0 Å². The van der Waals surface area contributed by atoms with E-state index in [0.29, 0.717) is 34.7 Å². The van der Waals surface area contributed by atoms with Gasteiger partial charge in [0.05, 0.1) is 5.41 Å². The number of benzene rings is 9. The minimum absolute atomic E-state index is 0.585. The van der Waals surface area contributed by atoms with Gasteiger partial charge in [-0.05, 0) is 86.0 Å². The molecular weight excluding hydrogens is 771 g/mol. The Morgan fingerprint density at radius 3 is 1.27 bits per heavy atom. The average molecular weight is 808 g/mol. The molecule has 0 saturated heterocycles. The van der Waals surface area contributed by atoms with Crippen molar-refractivity contribution in [3.05, 3.63) is 247 Å². The molecule has 1 aromatic heterocycles. The van der Waals surface area contributed by atoms with Crippen LogP contribution in [0.4, 0.5) is 0 Å². The Morgan fingerprint density at radius 2 is 0.683 bits per heavy atom. The van der Waals surface area contributed by atoms with Crippen LogP contribution in [0.1, 0.15) is 22.3 Å². The molecule has 2 heterocycles. The van der Waals surface area contributed by atoms with Crippen LogP contribution >= 0.6 is 0 Å². The maximum Gasteiger partial charge on any atom is 0.170 e. The topological polar surface area (TPSA) is 57.1 Å². The van der Waals surface area contributed by atoms with Gasteiger partial charge in [-0.15, -0.1) is 0 Å². The van der Waals surface area contributed by atoms with Gasteiger partial charge in [0, 0.05) is 16.7 Å². The van der Waals surface area contributed by atoms with Crippen LogP contribution in [0.15, 0.2) is 224 Å². The third-order valence-electron chi connectivity index (χ3n) is 12.3. The first-order valence-electron chi connectivity index (χ1n) is 21.2. The lowest BCUT2D eigenvalue weighted by Gasteiger charge is -2.34. The van der Waals surface area contributed by atoms with Crippen LogP contribution in [-0.4, -0.2) is 15.0 Å². The molecular formula is C58H37N3O2. The molecule has 63 heavy (non-hydrogen) atoms. The van der Waals surface area contributed by atoms with Gasteiger partial charge in [-0.25, -0.2) is 15.0 Å². The Balaban J connectivity index is 0.893. The zero-order chi connectivity index (χ0) is 41.7. The predicted octanol–water partition coefficient (Wildman–Crippen LogP) is 14.5. The number of nitrogens with zero attached hydrogens (tertiary/aromatic N) is 3. The molecule has 5 heteroatoms. The van der Waals surface area contributed by atoms with Crippen molar-refractivity contribution in [1.29, 1.82) is 0 Å². The number of para-hydroxylation sites is 2. The maximum absolute atomic E-state index is 6.49. The van der Waals surface area contributed by atoms with Crippen LogP contribution in [0.5, 0.6) is 23.0 Å². The van der Waals surface area contributed by atoms with Crippen molar-refractivity contribution in [2.45, 2.75) is 5.41 Å². The van der Waals surface area contributed by atoms with Crippen molar-refractivity contribution in [3.8, 4) is 90.5 Å². The lowest BCUT2D eigenvalue weighted by molar-refractivity contribution is 0.359. The number of hydrogen-bond donors (Lipinski definition) is 0. The Kier molecular flexibility index (Phi) is 8.64. The first-order valence-corrected chi connectivity index (χ1v) is 21.2. The SMILES string of the molecule is c1ccc(-c2nc(-c3ccccc3)nc(-c3cccc(-c4ccc(-c5ccc(C6(c7ccc8c(c7)Oc7ccccc7O8)c7ccccc7-c7ccccc76)cc5)cc4)c3)n2)cc1. The molecule has 1 aliphatic heterocycles. The molecule has 12 rings (SSSR count). The van der Waals surface area contributed by atoms with Gasteiger partial charge in [0.2, 0.25) is 0 Å². The number of ether oxygens (including phenoxy) is 2. The third kappa shape index (κ3) is 6.21. The van der Waals surface area contributed by atoms with Gasteiger partial charge in [0.15, 0.2) is 40.5 Å². The lowest BCUT2D eigenvalue weighted by atomic mass is 9.67. The number of aromatic nitrogens is 3. The van der Waals surface area contributed by atoms with Gasteiger partial charge in [0.25, 0.3) is 0 Å². The summed E-state index contributed by atoms with van der Waals surface area (Å²) >= 11 is 0. The molecule has 10 aromatic rings. The number of hydrogen-bond acceptors (Lipinski definition) is 5. The largest absolute Gasteiger partial charge is 0.450 e. The second kappa shape index (κ2) is 14.9. The molecule has 0 unspecified atom stereocenters. The quantitative estimate of drug-likeness (QED) is 0.161. The van der Waals surface area contributed by atoms with Crippen LogP contribution in [0.3, 0.4) is 0 Å². The maximum atomic E-state index is 6.49. The second-order valence-electron chi connectivity index (χ2n) is 15.9. The molecule has 9 aromatic carbocycles. The van der Waals surface area contributed by atoms with E-state index in [0.717, 1.165) is 50.3 Å². The van der Waals surface area contributed by atoms with Gasteiger partial charge >= 0.3 is 0 Å². The normalized spacial score (nSPS) is 12.8. The highest BCUT2D eigenvalue weighted by molar-refractivity contribution is 5.87. The van der Waals surface area contributed by atoms with Gasteiger partial charge in [0.1, 0.15) is 0 Å². The first-order chi connectivity index (χ1) is 31.2. The van der Waals surface area contributed by atoms with Crippen LogP contribution < -0.4 is 9.47 Å². The molecule has 0 N–H and O–H groups in total. The van der Waals surface area contributed by atoms with Crippen molar-refractivity contribution in [2.75, 3.05) is 0 Å². The monoisotopic (exact) mass is 807 g/mol. The highest BCUT2D eigenvalue weighted by Crippen LogP contribution is 2.58. The minimum atomic E-state index is -0.585. The summed E-state index contributed by atoms with van der Waals surface area (Å²) in [6.07, 6.45) is 0. The van der Waals surface area contributed by atoms with Gasteiger partial charge < -0.3 is 9.47 Å². The average Bonchev–Trinajstić information content (AvgIpc) is 3.67. The van der Waals surface area contributed by atoms with Crippen LogP contribution in [0.2, 0.25) is 0 Å². The van der Waals surface area contributed by atoms with Gasteiger partial charge in [-0.1, -0.05) is 194 Å². The standard InChI is InChI=1S/C58H37N3O2/c1-3-14-41(15-4-1)55-59-56(42-16-5-2-6-17-42)61-57(60-55)44-19-13-18-43(36-44)40-28-26-38(27-29-40)39-30-32-45(33-31-39)58(49-22-9-7-20-47(49)48-21-8-10-23-50(48)58)46-34-35-53-54(37-46)63-52-25-12-11-24-51(52)62-53/h1-37H. The van der Waals surface area contributed by atoms with Crippen LogP contribution in [0.25, 0.3) is 67.5 Å². The molecule has 2 aliphatic rings. The van der Waals surface area contributed by atoms with E-state index in [-0.39, 0.29) is 0 Å². The van der Waals surface area contributed by atoms with Crippen molar-refractivity contribution < 1.29 is 9.47 Å². The molecule has 0 radical (unpaired) electrons. The molecule has 0 amide bonds. The van der Waals surface area contributed by atoms with E-state index in [1.54, 1.807) is 0 Å². The van der Waals surface area contributed by atoms with Gasteiger partial charge in [-0.3, -0.25) is 0 Å². The van der Waals surface area contributed by atoms with E-state index in [1.165, 1.54) is 27.8 Å². The zero-order valence-electron chi connectivity index (χ0n) is 34.0. The second-order valence-corrected chi connectivity index (χ2v) is 15.9. The summed E-state index contributed by atoms with van der Waals surface area (Å²) in [4.78, 5) is 14.8. The van der Waals surface area contributed by atoms with Gasteiger partial charge in [-0.2, -0.15) is 0 Å². The summed E-state index contributed by atoms with van der Waals surface area (Å²) in [6, 6.07) is 78.3. The summed E-state index contributed by atoms with van der Waals surface area (Å²) < 4.78 is 12.8. The van der Waals surface area contributed by atoms with Crippen molar-refractivity contribution in [1.82, 2.24) is 15.0 Å². The number of rotatable bonds is 7. The molecule has 0 bridgehead atoms. The Bertz CT molecular complexity index is 3230. The van der Waals surface area contributed by atoms with Crippen LogP contribution in [-0.2, 0) is 5.41 Å². The molecule has 0 spiro atoms. The lowest BCUT2D eigenvalue weighted by Crippen LogP contribution is -2.28. The smallest absolute Gasteiger partial charge is 0.170 e. The fraction of sp³-hybridized carbons (Fsp3) is 0.0172. The fourth-order valence-corrected chi connectivity index (χ4v) is 9.33. The summed E-state index contributed by atoms with van der Waals surface area (Å²) in [6.45, 7) is 0. The molecule has 5 nitrogen and oxygen atoms in total. The highest BCUT2D eigenvalue weighted by atomic mass is 16.6. The van der Waals surface area contributed by atoms with E-state index in [4.69, 9.17) is 24.4 Å². The molecule has 0 fully saturated rings. The molecule has 296 valence electrons. The van der Waals surface area contributed by atoms with Crippen molar-refractivity contribution in [2.24, 2.45) is 0 Å². The van der Waals surface area contributed by atoms with Crippen molar-refractivity contribution >= 4 is 0 Å². The molecule has 1 aliphatic carbocycles. The third-order valence-corrected chi connectivity index (χ3v) is 12.3. The van der Waals surface area contributed by atoms with Crippen LogP contribution in [0, 0.1) is 0 Å². The Labute approximate surface area is 365 Å².